The first kappa shape index (κ1) is 17.9. The Bertz CT molecular complexity index is 732. The number of carbonyl (C=O) groups excluding carboxylic acids is 2. The Hall–Kier alpha value is -2.47. The van der Waals surface area contributed by atoms with Crippen molar-refractivity contribution in [3.8, 4) is 0 Å². The lowest BCUT2D eigenvalue weighted by atomic mass is 10.1. The smallest absolute Gasteiger partial charge is 0.269 e. The minimum Gasteiger partial charge on any atom is -0.378 e. The molecular weight excluding hydrogens is 322 g/mol. The SMILES string of the molecule is CSCc1cccc(C(=O)NNC(=O)c2cccc(N(C)C)c2)c1. The molecule has 6 heteroatoms. The van der Waals surface area contributed by atoms with Crippen LogP contribution in [0.4, 0.5) is 5.69 Å². The third-order valence-electron chi connectivity index (χ3n) is 3.41. The summed E-state index contributed by atoms with van der Waals surface area (Å²) < 4.78 is 0. The van der Waals surface area contributed by atoms with Gasteiger partial charge in [0, 0.05) is 36.7 Å². The lowest BCUT2D eigenvalue weighted by molar-refractivity contribution is 0.0846. The molecule has 0 bridgehead atoms. The Morgan fingerprint density at radius 3 is 2.12 bits per heavy atom. The van der Waals surface area contributed by atoms with Gasteiger partial charge in [-0.1, -0.05) is 18.2 Å². The van der Waals surface area contributed by atoms with Gasteiger partial charge in [0.25, 0.3) is 11.8 Å². The topological polar surface area (TPSA) is 61.4 Å². The molecule has 2 N–H and O–H groups in total. The van der Waals surface area contributed by atoms with E-state index in [0.717, 1.165) is 17.0 Å². The summed E-state index contributed by atoms with van der Waals surface area (Å²) in [5.74, 6) is 0.146. The second kappa shape index (κ2) is 8.40. The number of thioether (sulfide) groups is 1. The van der Waals surface area contributed by atoms with E-state index in [-0.39, 0.29) is 11.8 Å². The van der Waals surface area contributed by atoms with Gasteiger partial charge < -0.3 is 4.90 Å². The molecule has 0 atom stereocenters. The predicted molar refractivity (Wildman–Crippen MR) is 99.4 cm³/mol. The fraction of sp³-hybridized carbons (Fsp3) is 0.222. The summed E-state index contributed by atoms with van der Waals surface area (Å²) >= 11 is 1.69. The first-order valence-corrected chi connectivity index (χ1v) is 8.86. The van der Waals surface area contributed by atoms with Gasteiger partial charge in [0.2, 0.25) is 0 Å². The molecule has 0 aliphatic heterocycles. The van der Waals surface area contributed by atoms with Gasteiger partial charge in [0.1, 0.15) is 0 Å². The van der Waals surface area contributed by atoms with Crippen molar-refractivity contribution in [1.29, 1.82) is 0 Å². The Morgan fingerprint density at radius 2 is 1.54 bits per heavy atom. The van der Waals surface area contributed by atoms with E-state index in [1.54, 1.807) is 36.0 Å². The number of hydrogen-bond donors (Lipinski definition) is 2. The molecule has 0 aliphatic carbocycles. The predicted octanol–water partition coefficient (Wildman–Crippen LogP) is 2.69. The fourth-order valence-corrected chi connectivity index (χ4v) is 2.67. The van der Waals surface area contributed by atoms with Crippen molar-refractivity contribution in [3.63, 3.8) is 0 Å². The van der Waals surface area contributed by atoms with Gasteiger partial charge in [-0.2, -0.15) is 11.8 Å². The minimum atomic E-state index is -0.354. The quantitative estimate of drug-likeness (QED) is 0.820. The number of amides is 2. The van der Waals surface area contributed by atoms with Crippen molar-refractivity contribution in [2.45, 2.75) is 5.75 Å². The molecule has 0 aromatic heterocycles. The van der Waals surface area contributed by atoms with Gasteiger partial charge >= 0.3 is 0 Å². The van der Waals surface area contributed by atoms with Crippen LogP contribution in [0.2, 0.25) is 0 Å². The van der Waals surface area contributed by atoms with E-state index in [0.29, 0.717) is 11.1 Å². The highest BCUT2D eigenvalue weighted by Gasteiger charge is 2.10. The normalized spacial score (nSPS) is 10.1. The van der Waals surface area contributed by atoms with E-state index in [2.05, 4.69) is 10.9 Å². The number of nitrogens with one attached hydrogen (secondary N) is 2. The lowest BCUT2D eigenvalue weighted by Crippen LogP contribution is -2.41. The maximum Gasteiger partial charge on any atom is 0.269 e. The average Bonchev–Trinajstić information content (AvgIpc) is 2.60. The van der Waals surface area contributed by atoms with E-state index in [1.165, 1.54) is 0 Å². The van der Waals surface area contributed by atoms with Crippen LogP contribution in [0.25, 0.3) is 0 Å². The van der Waals surface area contributed by atoms with Crippen LogP contribution in [0.3, 0.4) is 0 Å². The number of hydrazine groups is 1. The van der Waals surface area contributed by atoms with Crippen LogP contribution in [-0.4, -0.2) is 32.2 Å². The Labute approximate surface area is 146 Å². The van der Waals surface area contributed by atoms with E-state index < -0.39 is 0 Å². The standard InChI is InChI=1S/C18H21N3O2S/c1-21(2)16-9-5-8-15(11-16)18(23)20-19-17(22)14-7-4-6-13(10-14)12-24-3/h4-11H,12H2,1-3H3,(H,19,22)(H,20,23). The zero-order valence-corrected chi connectivity index (χ0v) is 14.8. The first-order chi connectivity index (χ1) is 11.5. The van der Waals surface area contributed by atoms with Crippen molar-refractivity contribution in [3.05, 3.63) is 65.2 Å². The van der Waals surface area contributed by atoms with Crippen LogP contribution in [0.5, 0.6) is 0 Å². The van der Waals surface area contributed by atoms with E-state index >= 15 is 0 Å². The Kier molecular flexibility index (Phi) is 6.26. The van der Waals surface area contributed by atoms with Gasteiger partial charge in [-0.3, -0.25) is 20.4 Å². The first-order valence-electron chi connectivity index (χ1n) is 7.47. The molecule has 126 valence electrons. The highest BCUT2D eigenvalue weighted by atomic mass is 32.2. The number of rotatable bonds is 5. The molecule has 0 fully saturated rings. The molecule has 2 aromatic rings. The molecule has 2 amide bonds. The van der Waals surface area contributed by atoms with Crippen molar-refractivity contribution in [2.75, 3.05) is 25.3 Å². The molecule has 0 saturated carbocycles. The van der Waals surface area contributed by atoms with Gasteiger partial charge in [-0.15, -0.1) is 0 Å². The maximum absolute atomic E-state index is 12.2. The summed E-state index contributed by atoms with van der Waals surface area (Å²) in [4.78, 5) is 26.3. The number of carbonyl (C=O) groups is 2. The molecule has 0 heterocycles. The van der Waals surface area contributed by atoms with Crippen LogP contribution in [0.1, 0.15) is 26.3 Å². The number of nitrogens with zero attached hydrogens (tertiary/aromatic N) is 1. The third-order valence-corrected chi connectivity index (χ3v) is 4.04. The molecule has 5 nitrogen and oxygen atoms in total. The zero-order valence-electron chi connectivity index (χ0n) is 14.0. The summed E-state index contributed by atoms with van der Waals surface area (Å²) in [6.07, 6.45) is 2.01. The number of benzene rings is 2. The highest BCUT2D eigenvalue weighted by molar-refractivity contribution is 7.97. The molecule has 0 spiro atoms. The molecule has 2 rings (SSSR count). The summed E-state index contributed by atoms with van der Waals surface area (Å²) in [5.41, 5.74) is 7.90. The largest absolute Gasteiger partial charge is 0.378 e. The summed E-state index contributed by atoms with van der Waals surface area (Å²) in [5, 5.41) is 0. The molecule has 0 saturated heterocycles. The third kappa shape index (κ3) is 4.76. The molecule has 24 heavy (non-hydrogen) atoms. The molecule has 0 aliphatic rings. The zero-order chi connectivity index (χ0) is 17.5. The monoisotopic (exact) mass is 343 g/mol. The lowest BCUT2D eigenvalue weighted by Gasteiger charge is -2.13. The Morgan fingerprint density at radius 1 is 0.958 bits per heavy atom. The van der Waals surface area contributed by atoms with Crippen LogP contribution in [-0.2, 0) is 5.75 Å². The van der Waals surface area contributed by atoms with E-state index in [1.807, 2.05) is 49.5 Å². The van der Waals surface area contributed by atoms with Gasteiger partial charge in [0.15, 0.2) is 0 Å². The van der Waals surface area contributed by atoms with Crippen LogP contribution < -0.4 is 15.8 Å². The minimum absolute atomic E-state index is 0.338. The van der Waals surface area contributed by atoms with Crippen molar-refractivity contribution < 1.29 is 9.59 Å². The highest BCUT2D eigenvalue weighted by Crippen LogP contribution is 2.13. The maximum atomic E-state index is 12.2. The van der Waals surface area contributed by atoms with Crippen LogP contribution >= 0.6 is 11.8 Å². The second-order valence-electron chi connectivity index (χ2n) is 5.49. The fourth-order valence-electron chi connectivity index (χ4n) is 2.15. The molecule has 0 unspecified atom stereocenters. The van der Waals surface area contributed by atoms with Crippen LogP contribution in [0, 0.1) is 0 Å². The molecule has 0 radical (unpaired) electrons. The summed E-state index contributed by atoms with van der Waals surface area (Å²) in [7, 11) is 3.81. The van der Waals surface area contributed by atoms with Gasteiger partial charge in [-0.25, -0.2) is 0 Å². The number of anilines is 1. The number of hydrogen-bond acceptors (Lipinski definition) is 4. The van der Waals surface area contributed by atoms with Crippen molar-refractivity contribution in [2.24, 2.45) is 0 Å². The summed E-state index contributed by atoms with van der Waals surface area (Å²) in [6.45, 7) is 0. The van der Waals surface area contributed by atoms with Gasteiger partial charge in [-0.05, 0) is 42.2 Å². The average molecular weight is 343 g/mol. The second-order valence-corrected chi connectivity index (χ2v) is 6.35. The van der Waals surface area contributed by atoms with Crippen molar-refractivity contribution in [1.82, 2.24) is 10.9 Å². The van der Waals surface area contributed by atoms with Gasteiger partial charge in [0.05, 0.1) is 0 Å². The van der Waals surface area contributed by atoms with Crippen molar-refractivity contribution >= 4 is 29.3 Å². The molecule has 2 aromatic carbocycles. The Balaban J connectivity index is 1.99. The van der Waals surface area contributed by atoms with E-state index in [9.17, 15) is 9.59 Å². The van der Waals surface area contributed by atoms with E-state index in [4.69, 9.17) is 0 Å². The van der Waals surface area contributed by atoms with Crippen LogP contribution in [0.15, 0.2) is 48.5 Å². The molecular formula is C18H21N3O2S. The summed E-state index contributed by atoms with van der Waals surface area (Å²) in [6, 6.07) is 14.5.